The predicted molar refractivity (Wildman–Crippen MR) is 97.9 cm³/mol. The first kappa shape index (κ1) is 15.6. The van der Waals surface area contributed by atoms with Gasteiger partial charge in [-0.2, -0.15) is 0 Å². The van der Waals surface area contributed by atoms with Crippen molar-refractivity contribution in [3.63, 3.8) is 0 Å². The summed E-state index contributed by atoms with van der Waals surface area (Å²) in [6, 6.07) is 3.40. The van der Waals surface area contributed by atoms with Gasteiger partial charge in [0.1, 0.15) is 4.83 Å². The molecule has 2 unspecified atom stereocenters. The van der Waals surface area contributed by atoms with Crippen LogP contribution in [0.25, 0.3) is 21.6 Å². The van der Waals surface area contributed by atoms with Crippen molar-refractivity contribution < 1.29 is 0 Å². The standard InChI is InChI=1S/C18H21N5S/c1-10(19)15(20)16-14-12-4-2-3-5-13(12)24-18(14)23-17(22-16)11-6-8-21-9-7-11/h6-10,15H,2-5,19-20H2,1H3. The minimum absolute atomic E-state index is 0.160. The van der Waals surface area contributed by atoms with E-state index >= 15 is 0 Å². The molecular weight excluding hydrogens is 318 g/mol. The summed E-state index contributed by atoms with van der Waals surface area (Å²) in [5.41, 5.74) is 15.8. The summed E-state index contributed by atoms with van der Waals surface area (Å²) in [4.78, 5) is 16.2. The van der Waals surface area contributed by atoms with E-state index in [2.05, 4.69) is 4.98 Å². The monoisotopic (exact) mass is 339 g/mol. The van der Waals surface area contributed by atoms with E-state index in [0.717, 1.165) is 34.3 Å². The van der Waals surface area contributed by atoms with E-state index in [4.69, 9.17) is 21.4 Å². The number of aryl methyl sites for hydroxylation is 2. The zero-order chi connectivity index (χ0) is 16.7. The minimum atomic E-state index is -0.295. The van der Waals surface area contributed by atoms with Crippen LogP contribution in [0, 0.1) is 0 Å². The molecular formula is C18H21N5S. The first-order valence-electron chi connectivity index (χ1n) is 8.39. The van der Waals surface area contributed by atoms with E-state index in [1.54, 1.807) is 23.7 Å². The van der Waals surface area contributed by atoms with Gasteiger partial charge >= 0.3 is 0 Å². The first-order valence-corrected chi connectivity index (χ1v) is 9.20. The van der Waals surface area contributed by atoms with Crippen molar-refractivity contribution in [3.05, 3.63) is 40.7 Å². The highest BCUT2D eigenvalue weighted by molar-refractivity contribution is 7.18. The molecule has 2 atom stereocenters. The van der Waals surface area contributed by atoms with Gasteiger partial charge in [-0.05, 0) is 50.3 Å². The highest BCUT2D eigenvalue weighted by atomic mass is 32.1. The molecule has 3 heterocycles. The molecule has 3 aromatic heterocycles. The summed E-state index contributed by atoms with van der Waals surface area (Å²) in [7, 11) is 0. The lowest BCUT2D eigenvalue weighted by Crippen LogP contribution is -2.32. The second-order valence-corrected chi connectivity index (χ2v) is 7.53. The van der Waals surface area contributed by atoms with E-state index in [-0.39, 0.29) is 12.1 Å². The van der Waals surface area contributed by atoms with E-state index < -0.39 is 0 Å². The number of nitrogens with zero attached hydrogens (tertiary/aromatic N) is 3. The zero-order valence-electron chi connectivity index (χ0n) is 13.7. The highest BCUT2D eigenvalue weighted by Gasteiger charge is 2.25. The predicted octanol–water partition coefficient (Wildman–Crippen LogP) is 2.98. The summed E-state index contributed by atoms with van der Waals surface area (Å²) >= 11 is 1.79. The maximum atomic E-state index is 6.42. The van der Waals surface area contributed by atoms with Crippen molar-refractivity contribution in [1.82, 2.24) is 15.0 Å². The van der Waals surface area contributed by atoms with Crippen molar-refractivity contribution in [2.24, 2.45) is 11.5 Å². The van der Waals surface area contributed by atoms with E-state index in [1.807, 2.05) is 19.1 Å². The van der Waals surface area contributed by atoms with Gasteiger partial charge in [-0.1, -0.05) is 0 Å². The van der Waals surface area contributed by atoms with Crippen LogP contribution in [0.4, 0.5) is 0 Å². The minimum Gasteiger partial charge on any atom is -0.326 e. The Balaban J connectivity index is 1.98. The lowest BCUT2D eigenvalue weighted by Gasteiger charge is -2.18. The van der Waals surface area contributed by atoms with E-state index in [9.17, 15) is 0 Å². The van der Waals surface area contributed by atoms with Crippen LogP contribution in [0.15, 0.2) is 24.5 Å². The molecule has 0 saturated carbocycles. The van der Waals surface area contributed by atoms with Gasteiger partial charge in [0.2, 0.25) is 0 Å². The molecule has 0 saturated heterocycles. The Morgan fingerprint density at radius 2 is 1.83 bits per heavy atom. The molecule has 1 aliphatic rings. The number of rotatable bonds is 3. The molecule has 0 amide bonds. The maximum absolute atomic E-state index is 6.42. The fourth-order valence-electron chi connectivity index (χ4n) is 3.31. The summed E-state index contributed by atoms with van der Waals surface area (Å²) in [6.07, 6.45) is 8.21. The number of hydrogen-bond acceptors (Lipinski definition) is 6. The average molecular weight is 339 g/mol. The molecule has 0 fully saturated rings. The third-order valence-corrected chi connectivity index (χ3v) is 5.85. The first-order chi connectivity index (χ1) is 11.6. The van der Waals surface area contributed by atoms with Gasteiger partial charge in [0.15, 0.2) is 5.82 Å². The molecule has 124 valence electrons. The molecule has 1 aliphatic carbocycles. The Morgan fingerprint density at radius 1 is 1.08 bits per heavy atom. The molecule has 0 aromatic carbocycles. The van der Waals surface area contributed by atoms with Crippen molar-refractivity contribution in [2.45, 2.75) is 44.7 Å². The van der Waals surface area contributed by atoms with Crippen LogP contribution in [0.2, 0.25) is 0 Å². The van der Waals surface area contributed by atoms with Gasteiger partial charge in [-0.15, -0.1) is 11.3 Å². The normalized spacial score (nSPS) is 16.8. The zero-order valence-corrected chi connectivity index (χ0v) is 14.5. The van der Waals surface area contributed by atoms with Crippen molar-refractivity contribution in [1.29, 1.82) is 0 Å². The summed E-state index contributed by atoms with van der Waals surface area (Å²) in [6.45, 7) is 1.93. The summed E-state index contributed by atoms with van der Waals surface area (Å²) in [5.74, 6) is 0.703. The van der Waals surface area contributed by atoms with Crippen molar-refractivity contribution in [2.75, 3.05) is 0 Å². The molecule has 4 rings (SSSR count). The third kappa shape index (κ3) is 2.60. The fourth-order valence-corrected chi connectivity index (χ4v) is 4.57. The Labute approximate surface area is 145 Å². The van der Waals surface area contributed by atoms with Crippen LogP contribution < -0.4 is 11.5 Å². The van der Waals surface area contributed by atoms with Crippen LogP contribution in [-0.4, -0.2) is 21.0 Å². The molecule has 24 heavy (non-hydrogen) atoms. The van der Waals surface area contributed by atoms with Gasteiger partial charge in [0.25, 0.3) is 0 Å². The highest BCUT2D eigenvalue weighted by Crippen LogP contribution is 2.39. The van der Waals surface area contributed by atoms with E-state index in [0.29, 0.717) is 5.82 Å². The van der Waals surface area contributed by atoms with Crippen molar-refractivity contribution in [3.8, 4) is 11.4 Å². The number of thiophene rings is 1. The second kappa shape index (κ2) is 6.20. The largest absolute Gasteiger partial charge is 0.326 e. The third-order valence-electron chi connectivity index (χ3n) is 4.66. The van der Waals surface area contributed by atoms with E-state index in [1.165, 1.54) is 23.3 Å². The number of hydrogen-bond donors (Lipinski definition) is 2. The molecule has 6 heteroatoms. The smallest absolute Gasteiger partial charge is 0.161 e. The maximum Gasteiger partial charge on any atom is 0.161 e. The molecule has 5 nitrogen and oxygen atoms in total. The average Bonchev–Trinajstić information content (AvgIpc) is 2.99. The van der Waals surface area contributed by atoms with Gasteiger partial charge < -0.3 is 11.5 Å². The fraction of sp³-hybridized carbons (Fsp3) is 0.389. The molecule has 0 aliphatic heterocycles. The quantitative estimate of drug-likeness (QED) is 0.765. The second-order valence-electron chi connectivity index (χ2n) is 6.44. The Hall–Kier alpha value is -1.89. The molecule has 3 aromatic rings. The Bertz CT molecular complexity index is 872. The van der Waals surface area contributed by atoms with Crippen LogP contribution in [0.3, 0.4) is 0 Å². The van der Waals surface area contributed by atoms with Gasteiger partial charge in [-0.25, -0.2) is 9.97 Å². The summed E-state index contributed by atoms with van der Waals surface area (Å²) < 4.78 is 0. The number of fused-ring (bicyclic) bond motifs is 3. The molecule has 0 radical (unpaired) electrons. The number of nitrogens with two attached hydrogens (primary N) is 2. The van der Waals surface area contributed by atoms with Crippen LogP contribution in [-0.2, 0) is 12.8 Å². The summed E-state index contributed by atoms with van der Waals surface area (Å²) in [5, 5.41) is 1.15. The van der Waals surface area contributed by atoms with Gasteiger partial charge in [0.05, 0.1) is 11.7 Å². The van der Waals surface area contributed by atoms with Crippen LogP contribution in [0.1, 0.15) is 41.9 Å². The van der Waals surface area contributed by atoms with Crippen LogP contribution >= 0.6 is 11.3 Å². The molecule has 4 N–H and O–H groups in total. The Morgan fingerprint density at radius 3 is 2.58 bits per heavy atom. The topological polar surface area (TPSA) is 90.7 Å². The lowest BCUT2D eigenvalue weighted by molar-refractivity contribution is 0.578. The number of pyridine rings is 1. The van der Waals surface area contributed by atoms with Gasteiger partial charge in [-0.3, -0.25) is 4.98 Å². The van der Waals surface area contributed by atoms with Crippen LogP contribution in [0.5, 0.6) is 0 Å². The number of aromatic nitrogens is 3. The van der Waals surface area contributed by atoms with Crippen molar-refractivity contribution >= 4 is 21.6 Å². The molecule has 0 spiro atoms. The lowest BCUT2D eigenvalue weighted by atomic mass is 9.94. The molecule has 0 bridgehead atoms. The Kier molecular flexibility index (Phi) is 4.04. The SMILES string of the molecule is CC(N)C(N)c1nc(-c2ccncc2)nc2sc3c(c12)CCCC3. The van der Waals surface area contributed by atoms with Gasteiger partial charge in [0, 0.05) is 34.3 Å².